The van der Waals surface area contributed by atoms with Gasteiger partial charge in [0.2, 0.25) is 0 Å². The number of rotatable bonds is 4. The summed E-state index contributed by atoms with van der Waals surface area (Å²) in [6.45, 7) is 5.82. The molecule has 2 aliphatic rings. The molecule has 3 heteroatoms. The van der Waals surface area contributed by atoms with Crippen LogP contribution < -0.4 is 10.1 Å². The highest BCUT2D eigenvalue weighted by Crippen LogP contribution is 2.38. The molecule has 1 atom stereocenters. The molecular weight excluding hydrogens is 250 g/mol. The second kappa shape index (κ2) is 6.59. The first-order valence-electron chi connectivity index (χ1n) is 7.96. The minimum absolute atomic E-state index is 0.400. The molecule has 20 heavy (non-hydrogen) atoms. The molecule has 1 saturated heterocycles. The van der Waals surface area contributed by atoms with Gasteiger partial charge in [0.15, 0.2) is 0 Å². The number of nitrogens with one attached hydrogen (secondary N) is 1. The van der Waals surface area contributed by atoms with Gasteiger partial charge in [-0.05, 0) is 43.7 Å². The summed E-state index contributed by atoms with van der Waals surface area (Å²) in [6, 6.07) is 7.04. The Hall–Kier alpha value is -1.06. The van der Waals surface area contributed by atoms with Crippen LogP contribution in [-0.4, -0.2) is 26.4 Å². The zero-order valence-electron chi connectivity index (χ0n) is 12.4. The smallest absolute Gasteiger partial charge is 0.127 e. The summed E-state index contributed by atoms with van der Waals surface area (Å²) in [4.78, 5) is 0. The molecule has 1 aromatic carbocycles. The molecule has 0 amide bonds. The highest BCUT2D eigenvalue weighted by Gasteiger charge is 2.28. The van der Waals surface area contributed by atoms with Gasteiger partial charge in [-0.2, -0.15) is 0 Å². The monoisotopic (exact) mass is 275 g/mol. The van der Waals surface area contributed by atoms with Crippen molar-refractivity contribution >= 4 is 0 Å². The Balaban J connectivity index is 1.90. The van der Waals surface area contributed by atoms with Crippen molar-refractivity contribution < 1.29 is 9.47 Å². The van der Waals surface area contributed by atoms with Crippen LogP contribution in [0.15, 0.2) is 18.2 Å². The lowest BCUT2D eigenvalue weighted by molar-refractivity contribution is 0.0533. The zero-order valence-corrected chi connectivity index (χ0v) is 12.4. The average Bonchev–Trinajstić information content (AvgIpc) is 2.53. The first kappa shape index (κ1) is 13.9. The van der Waals surface area contributed by atoms with E-state index in [2.05, 4.69) is 30.4 Å². The fourth-order valence-electron chi connectivity index (χ4n) is 3.46. The van der Waals surface area contributed by atoms with E-state index in [0.29, 0.717) is 12.0 Å². The Morgan fingerprint density at radius 3 is 2.90 bits per heavy atom. The van der Waals surface area contributed by atoms with Gasteiger partial charge in [-0.15, -0.1) is 0 Å². The van der Waals surface area contributed by atoms with Crippen LogP contribution in [0.3, 0.4) is 0 Å². The van der Waals surface area contributed by atoms with Crippen LogP contribution >= 0.6 is 0 Å². The Morgan fingerprint density at radius 2 is 2.10 bits per heavy atom. The molecular formula is C17H25NO2. The summed E-state index contributed by atoms with van der Waals surface area (Å²) >= 11 is 0. The third-order valence-corrected chi connectivity index (χ3v) is 4.46. The van der Waals surface area contributed by atoms with Crippen molar-refractivity contribution in [2.24, 2.45) is 5.92 Å². The minimum atomic E-state index is 0.400. The molecule has 0 aliphatic carbocycles. The predicted octanol–water partition coefficient (Wildman–Crippen LogP) is 3.09. The summed E-state index contributed by atoms with van der Waals surface area (Å²) in [6.07, 6.45) is 4.57. The van der Waals surface area contributed by atoms with E-state index < -0.39 is 0 Å². The van der Waals surface area contributed by atoms with Crippen LogP contribution in [0, 0.1) is 5.92 Å². The minimum Gasteiger partial charge on any atom is -0.493 e. The molecule has 2 heterocycles. The zero-order chi connectivity index (χ0) is 13.8. The van der Waals surface area contributed by atoms with Crippen molar-refractivity contribution in [2.45, 2.75) is 38.6 Å². The highest BCUT2D eigenvalue weighted by molar-refractivity contribution is 5.44. The summed E-state index contributed by atoms with van der Waals surface area (Å²) in [7, 11) is 0. The fourth-order valence-corrected chi connectivity index (χ4v) is 3.46. The fraction of sp³-hybridized carbons (Fsp3) is 0.647. The van der Waals surface area contributed by atoms with Crippen LogP contribution in [0.25, 0.3) is 0 Å². The van der Waals surface area contributed by atoms with Gasteiger partial charge in [0.1, 0.15) is 5.75 Å². The maximum atomic E-state index is 6.00. The quantitative estimate of drug-likeness (QED) is 0.916. The number of para-hydroxylation sites is 1. The van der Waals surface area contributed by atoms with Crippen molar-refractivity contribution in [3.8, 4) is 5.75 Å². The molecule has 110 valence electrons. The van der Waals surface area contributed by atoms with Gasteiger partial charge in [-0.3, -0.25) is 0 Å². The Kier molecular flexibility index (Phi) is 4.58. The number of hydrogen-bond donors (Lipinski definition) is 1. The van der Waals surface area contributed by atoms with Crippen molar-refractivity contribution in [1.29, 1.82) is 0 Å². The van der Waals surface area contributed by atoms with E-state index in [0.717, 1.165) is 57.8 Å². The van der Waals surface area contributed by atoms with Gasteiger partial charge in [0.05, 0.1) is 6.61 Å². The number of hydrogen-bond acceptors (Lipinski definition) is 3. The van der Waals surface area contributed by atoms with Crippen LogP contribution in [0.2, 0.25) is 0 Å². The van der Waals surface area contributed by atoms with Crippen molar-refractivity contribution in [3.05, 3.63) is 29.3 Å². The van der Waals surface area contributed by atoms with E-state index in [1.807, 2.05) is 0 Å². The molecule has 1 aromatic rings. The summed E-state index contributed by atoms with van der Waals surface area (Å²) in [5.74, 6) is 1.80. The second-order valence-electron chi connectivity index (χ2n) is 5.77. The van der Waals surface area contributed by atoms with Crippen LogP contribution in [0.4, 0.5) is 0 Å². The van der Waals surface area contributed by atoms with E-state index >= 15 is 0 Å². The van der Waals surface area contributed by atoms with Crippen molar-refractivity contribution in [2.75, 3.05) is 26.4 Å². The molecule has 0 radical (unpaired) electrons. The number of benzene rings is 1. The third-order valence-electron chi connectivity index (χ3n) is 4.46. The molecule has 0 bridgehead atoms. The number of fused-ring (bicyclic) bond motifs is 1. The maximum Gasteiger partial charge on any atom is 0.127 e. The molecule has 3 nitrogen and oxygen atoms in total. The lowest BCUT2D eigenvalue weighted by atomic mass is 9.85. The summed E-state index contributed by atoms with van der Waals surface area (Å²) in [5, 5.41) is 3.68. The van der Waals surface area contributed by atoms with Gasteiger partial charge in [-0.1, -0.05) is 25.1 Å². The Bertz CT molecular complexity index is 441. The molecule has 0 spiro atoms. The van der Waals surface area contributed by atoms with E-state index in [4.69, 9.17) is 9.47 Å². The SMILES string of the molecule is CCNC(c1cccc2c1OCCC2)C1CCOCC1. The average molecular weight is 275 g/mol. The molecule has 1 N–H and O–H groups in total. The van der Waals surface area contributed by atoms with Gasteiger partial charge in [-0.25, -0.2) is 0 Å². The largest absolute Gasteiger partial charge is 0.493 e. The molecule has 0 saturated carbocycles. The topological polar surface area (TPSA) is 30.5 Å². The van der Waals surface area contributed by atoms with Crippen LogP contribution in [0.5, 0.6) is 5.75 Å². The second-order valence-corrected chi connectivity index (χ2v) is 5.77. The Morgan fingerprint density at radius 1 is 1.25 bits per heavy atom. The molecule has 0 aromatic heterocycles. The summed E-state index contributed by atoms with van der Waals surface area (Å²) < 4.78 is 11.5. The molecule has 3 rings (SSSR count). The van der Waals surface area contributed by atoms with Crippen LogP contribution in [-0.2, 0) is 11.2 Å². The van der Waals surface area contributed by atoms with E-state index in [1.54, 1.807) is 0 Å². The first-order chi connectivity index (χ1) is 9.90. The molecule has 1 unspecified atom stereocenters. The van der Waals surface area contributed by atoms with Gasteiger partial charge >= 0.3 is 0 Å². The van der Waals surface area contributed by atoms with Crippen molar-refractivity contribution in [1.82, 2.24) is 5.32 Å². The third kappa shape index (κ3) is 2.84. The lowest BCUT2D eigenvalue weighted by Gasteiger charge is -2.33. The van der Waals surface area contributed by atoms with Crippen molar-refractivity contribution in [3.63, 3.8) is 0 Å². The highest BCUT2D eigenvalue weighted by atomic mass is 16.5. The predicted molar refractivity (Wildman–Crippen MR) is 80.2 cm³/mol. The van der Waals surface area contributed by atoms with Gasteiger partial charge < -0.3 is 14.8 Å². The lowest BCUT2D eigenvalue weighted by Crippen LogP contribution is -2.32. The molecule has 2 aliphatic heterocycles. The normalized spacial score (nSPS) is 21.1. The van der Waals surface area contributed by atoms with Crippen LogP contribution in [0.1, 0.15) is 43.4 Å². The maximum absolute atomic E-state index is 6.00. The van der Waals surface area contributed by atoms with Gasteiger partial charge in [0, 0.05) is 24.8 Å². The first-order valence-corrected chi connectivity index (χ1v) is 7.96. The number of ether oxygens (including phenoxy) is 2. The van der Waals surface area contributed by atoms with E-state index in [9.17, 15) is 0 Å². The standard InChI is InChI=1S/C17H25NO2/c1-2-18-16(13-8-11-19-12-9-13)15-7-3-5-14-6-4-10-20-17(14)15/h3,5,7,13,16,18H,2,4,6,8-12H2,1H3. The van der Waals surface area contributed by atoms with E-state index in [1.165, 1.54) is 11.1 Å². The number of aryl methyl sites for hydroxylation is 1. The summed E-state index contributed by atoms with van der Waals surface area (Å²) in [5.41, 5.74) is 2.74. The van der Waals surface area contributed by atoms with Gasteiger partial charge in [0.25, 0.3) is 0 Å². The van der Waals surface area contributed by atoms with E-state index in [-0.39, 0.29) is 0 Å². The molecule has 1 fully saturated rings. The Labute approximate surface area is 121 Å².